The van der Waals surface area contributed by atoms with E-state index in [1.54, 1.807) is 18.5 Å². The number of carbonyl (C=O) groups is 1. The smallest absolute Gasteiger partial charge is 0.222 e. The van der Waals surface area contributed by atoms with Crippen molar-refractivity contribution < 1.29 is 13.9 Å². The van der Waals surface area contributed by atoms with Crippen molar-refractivity contribution >= 4 is 5.91 Å². The van der Waals surface area contributed by atoms with Crippen LogP contribution in [0.4, 0.5) is 4.39 Å². The largest absolute Gasteiger partial charge is 0.494 e. The molecule has 134 valence electrons. The number of aromatic nitrogens is 3. The number of ether oxygens (including phenoxy) is 1. The van der Waals surface area contributed by atoms with Crippen molar-refractivity contribution in [3.63, 3.8) is 0 Å². The average molecular weight is 346 g/mol. The van der Waals surface area contributed by atoms with E-state index in [1.165, 1.54) is 13.2 Å². The molecule has 1 atom stereocenters. The van der Waals surface area contributed by atoms with E-state index in [4.69, 9.17) is 4.74 Å². The van der Waals surface area contributed by atoms with Crippen molar-refractivity contribution in [3.8, 4) is 5.75 Å². The summed E-state index contributed by atoms with van der Waals surface area (Å²) in [5.74, 6) is 1.08. The summed E-state index contributed by atoms with van der Waals surface area (Å²) in [6.45, 7) is 1.44. The fraction of sp³-hybridized carbons (Fsp3) is 0.500. The van der Waals surface area contributed by atoms with Crippen molar-refractivity contribution in [2.24, 2.45) is 7.05 Å². The van der Waals surface area contributed by atoms with Crippen LogP contribution in [-0.2, 0) is 18.3 Å². The van der Waals surface area contributed by atoms with Gasteiger partial charge in [0.1, 0.15) is 12.2 Å². The maximum Gasteiger partial charge on any atom is 0.222 e. The van der Waals surface area contributed by atoms with Gasteiger partial charge in [0.2, 0.25) is 5.91 Å². The third kappa shape index (κ3) is 3.97. The summed E-state index contributed by atoms with van der Waals surface area (Å²) in [5, 5.41) is 8.10. The molecule has 1 saturated heterocycles. The fourth-order valence-corrected chi connectivity index (χ4v) is 3.35. The monoisotopic (exact) mass is 346 g/mol. The number of piperidine rings is 1. The van der Waals surface area contributed by atoms with E-state index in [9.17, 15) is 9.18 Å². The number of aryl methyl sites for hydroxylation is 2. The van der Waals surface area contributed by atoms with Crippen LogP contribution >= 0.6 is 0 Å². The Morgan fingerprint density at radius 2 is 2.28 bits per heavy atom. The second-order valence-electron chi connectivity index (χ2n) is 6.45. The van der Waals surface area contributed by atoms with Crippen LogP contribution in [0.15, 0.2) is 24.5 Å². The van der Waals surface area contributed by atoms with E-state index in [0.29, 0.717) is 19.4 Å². The first kappa shape index (κ1) is 17.4. The van der Waals surface area contributed by atoms with Crippen LogP contribution in [0.25, 0.3) is 0 Å². The predicted octanol–water partition coefficient (Wildman–Crippen LogP) is 2.30. The maximum absolute atomic E-state index is 13.7. The molecule has 1 aliphatic rings. The van der Waals surface area contributed by atoms with Gasteiger partial charge in [0.15, 0.2) is 11.6 Å². The highest BCUT2D eigenvalue weighted by atomic mass is 19.1. The molecule has 0 aliphatic carbocycles. The Hall–Kier alpha value is -2.44. The molecule has 2 aromatic rings. The number of rotatable bonds is 5. The molecule has 1 fully saturated rings. The van der Waals surface area contributed by atoms with Crippen LogP contribution in [0.2, 0.25) is 0 Å². The molecule has 0 saturated carbocycles. The SMILES string of the molecule is COc1ccc(CCC(=O)N2CCC[C@H](c3nncn3C)C2)cc1F. The van der Waals surface area contributed by atoms with Gasteiger partial charge in [0.25, 0.3) is 0 Å². The summed E-state index contributed by atoms with van der Waals surface area (Å²) in [4.78, 5) is 14.4. The first-order valence-corrected chi connectivity index (χ1v) is 8.52. The van der Waals surface area contributed by atoms with Crippen LogP contribution in [0.5, 0.6) is 5.75 Å². The van der Waals surface area contributed by atoms with Crippen molar-refractivity contribution in [1.82, 2.24) is 19.7 Å². The fourth-order valence-electron chi connectivity index (χ4n) is 3.35. The third-order valence-corrected chi connectivity index (χ3v) is 4.73. The van der Waals surface area contributed by atoms with Crippen LogP contribution < -0.4 is 4.74 Å². The van der Waals surface area contributed by atoms with Crippen molar-refractivity contribution in [2.45, 2.75) is 31.6 Å². The Labute approximate surface area is 146 Å². The van der Waals surface area contributed by atoms with Gasteiger partial charge in [-0.2, -0.15) is 0 Å². The highest BCUT2D eigenvalue weighted by molar-refractivity contribution is 5.76. The number of carbonyl (C=O) groups excluding carboxylic acids is 1. The van der Waals surface area contributed by atoms with Gasteiger partial charge in [-0.15, -0.1) is 10.2 Å². The minimum atomic E-state index is -0.396. The summed E-state index contributed by atoms with van der Waals surface area (Å²) >= 11 is 0. The molecule has 3 rings (SSSR count). The molecule has 2 heterocycles. The first-order valence-electron chi connectivity index (χ1n) is 8.52. The predicted molar refractivity (Wildman–Crippen MR) is 90.8 cm³/mol. The number of hydrogen-bond acceptors (Lipinski definition) is 4. The van der Waals surface area contributed by atoms with E-state index >= 15 is 0 Å². The van der Waals surface area contributed by atoms with Gasteiger partial charge in [0, 0.05) is 32.5 Å². The lowest BCUT2D eigenvalue weighted by Gasteiger charge is -2.32. The van der Waals surface area contributed by atoms with Gasteiger partial charge in [-0.25, -0.2) is 4.39 Å². The Morgan fingerprint density at radius 1 is 1.44 bits per heavy atom. The second-order valence-corrected chi connectivity index (χ2v) is 6.45. The molecule has 7 heteroatoms. The van der Waals surface area contributed by atoms with Gasteiger partial charge in [0.05, 0.1) is 7.11 Å². The number of benzene rings is 1. The summed E-state index contributed by atoms with van der Waals surface area (Å²) in [5.41, 5.74) is 0.800. The number of hydrogen-bond donors (Lipinski definition) is 0. The number of amides is 1. The standard InChI is InChI=1S/C18H23FN4O2/c1-22-12-20-21-18(22)14-4-3-9-23(11-14)17(24)8-6-13-5-7-16(25-2)15(19)10-13/h5,7,10,12,14H,3-4,6,8-9,11H2,1-2H3/t14-/m0/s1. The lowest BCUT2D eigenvalue weighted by atomic mass is 9.96. The number of likely N-dealkylation sites (tertiary alicyclic amines) is 1. The van der Waals surface area contributed by atoms with Crippen LogP contribution in [0.1, 0.15) is 36.6 Å². The zero-order chi connectivity index (χ0) is 17.8. The van der Waals surface area contributed by atoms with E-state index < -0.39 is 5.82 Å². The maximum atomic E-state index is 13.7. The number of halogens is 1. The summed E-state index contributed by atoms with van der Waals surface area (Å²) in [7, 11) is 3.36. The molecule has 0 spiro atoms. The molecule has 1 aliphatic heterocycles. The molecular formula is C18H23FN4O2. The topological polar surface area (TPSA) is 60.2 Å². The molecule has 0 N–H and O–H groups in total. The Kier molecular flexibility index (Phi) is 5.31. The van der Waals surface area contributed by atoms with Gasteiger partial charge in [-0.1, -0.05) is 6.07 Å². The van der Waals surface area contributed by atoms with Crippen molar-refractivity contribution in [2.75, 3.05) is 20.2 Å². The highest BCUT2D eigenvalue weighted by Gasteiger charge is 2.27. The zero-order valence-corrected chi connectivity index (χ0v) is 14.6. The van der Waals surface area contributed by atoms with Crippen LogP contribution in [0.3, 0.4) is 0 Å². The van der Waals surface area contributed by atoms with Crippen molar-refractivity contribution in [1.29, 1.82) is 0 Å². The van der Waals surface area contributed by atoms with Crippen LogP contribution in [-0.4, -0.2) is 45.8 Å². The average Bonchev–Trinajstić information content (AvgIpc) is 3.06. The lowest BCUT2D eigenvalue weighted by molar-refractivity contribution is -0.132. The van der Waals surface area contributed by atoms with E-state index in [-0.39, 0.29) is 17.6 Å². The van der Waals surface area contributed by atoms with Gasteiger partial charge < -0.3 is 14.2 Å². The first-order chi connectivity index (χ1) is 12.1. The van der Waals surface area contributed by atoms with Crippen molar-refractivity contribution in [3.05, 3.63) is 41.7 Å². The Bertz CT molecular complexity index is 746. The zero-order valence-electron chi connectivity index (χ0n) is 14.6. The van der Waals surface area contributed by atoms with E-state index in [1.807, 2.05) is 16.5 Å². The molecule has 1 amide bonds. The number of methoxy groups -OCH3 is 1. The highest BCUT2D eigenvalue weighted by Crippen LogP contribution is 2.26. The molecule has 6 nitrogen and oxygen atoms in total. The normalized spacial score (nSPS) is 17.6. The molecule has 1 aromatic heterocycles. The molecule has 0 unspecified atom stereocenters. The third-order valence-electron chi connectivity index (χ3n) is 4.73. The van der Waals surface area contributed by atoms with Gasteiger partial charge in [-0.3, -0.25) is 4.79 Å². The molecule has 0 radical (unpaired) electrons. The van der Waals surface area contributed by atoms with E-state index in [0.717, 1.165) is 30.8 Å². The van der Waals surface area contributed by atoms with Crippen LogP contribution in [0, 0.1) is 5.82 Å². The van der Waals surface area contributed by atoms with Gasteiger partial charge >= 0.3 is 0 Å². The molecular weight excluding hydrogens is 323 g/mol. The molecule has 1 aromatic carbocycles. The summed E-state index contributed by atoms with van der Waals surface area (Å²) in [6, 6.07) is 4.83. The minimum Gasteiger partial charge on any atom is -0.494 e. The van der Waals surface area contributed by atoms with E-state index in [2.05, 4.69) is 10.2 Å². The quantitative estimate of drug-likeness (QED) is 0.833. The van der Waals surface area contributed by atoms with Gasteiger partial charge in [-0.05, 0) is 37.0 Å². The summed E-state index contributed by atoms with van der Waals surface area (Å²) in [6.07, 6.45) is 4.55. The number of nitrogens with zero attached hydrogens (tertiary/aromatic N) is 4. The lowest BCUT2D eigenvalue weighted by Crippen LogP contribution is -2.39. The molecule has 0 bridgehead atoms. The summed E-state index contributed by atoms with van der Waals surface area (Å²) < 4.78 is 20.6. The second kappa shape index (κ2) is 7.63. The Balaban J connectivity index is 1.57. The Morgan fingerprint density at radius 3 is 2.96 bits per heavy atom. The minimum absolute atomic E-state index is 0.100. The molecule has 25 heavy (non-hydrogen) atoms.